The summed E-state index contributed by atoms with van der Waals surface area (Å²) in [6.45, 7) is 0. The largest absolute Gasteiger partial charge is 0.497 e. The summed E-state index contributed by atoms with van der Waals surface area (Å²) in [5.41, 5.74) is 0.875. The molecule has 0 saturated carbocycles. The van der Waals surface area contributed by atoms with Crippen molar-refractivity contribution in [1.29, 1.82) is 0 Å². The third-order valence-electron chi connectivity index (χ3n) is 2.55. The standard InChI is InChI=1S/C12H10F3NO2/c1-18-9-3-2-7-4-8(16-10(7)6-9)5-11(17)12(13,14)15/h2-4,6,16H,5H2,1H3. The number of halogens is 3. The third kappa shape index (κ3) is 2.47. The number of benzene rings is 1. The number of H-pyrrole nitrogens is 1. The summed E-state index contributed by atoms with van der Waals surface area (Å²) >= 11 is 0. The molecular weight excluding hydrogens is 247 g/mol. The Balaban J connectivity index is 2.28. The van der Waals surface area contributed by atoms with Crippen LogP contribution in [0.15, 0.2) is 24.3 Å². The summed E-state index contributed by atoms with van der Waals surface area (Å²) < 4.78 is 41.4. The second-order valence-electron chi connectivity index (χ2n) is 3.85. The molecule has 6 heteroatoms. The predicted octanol–water partition coefficient (Wildman–Crippen LogP) is 2.85. The number of aromatic amines is 1. The third-order valence-corrected chi connectivity index (χ3v) is 2.55. The first kappa shape index (κ1) is 12.5. The van der Waals surface area contributed by atoms with E-state index in [1.807, 2.05) is 0 Å². The summed E-state index contributed by atoms with van der Waals surface area (Å²) in [4.78, 5) is 13.6. The summed E-state index contributed by atoms with van der Waals surface area (Å²) in [6, 6.07) is 6.60. The van der Waals surface area contributed by atoms with E-state index in [1.165, 1.54) is 13.2 Å². The maximum Gasteiger partial charge on any atom is 0.450 e. The van der Waals surface area contributed by atoms with Gasteiger partial charge in [-0.2, -0.15) is 13.2 Å². The van der Waals surface area contributed by atoms with Crippen LogP contribution in [-0.2, 0) is 11.2 Å². The van der Waals surface area contributed by atoms with Crippen LogP contribution in [-0.4, -0.2) is 24.1 Å². The highest BCUT2D eigenvalue weighted by Crippen LogP contribution is 2.23. The van der Waals surface area contributed by atoms with Gasteiger partial charge < -0.3 is 9.72 Å². The van der Waals surface area contributed by atoms with E-state index in [1.54, 1.807) is 18.2 Å². The van der Waals surface area contributed by atoms with Crippen molar-refractivity contribution in [2.24, 2.45) is 0 Å². The van der Waals surface area contributed by atoms with Crippen molar-refractivity contribution in [1.82, 2.24) is 4.98 Å². The number of hydrogen-bond donors (Lipinski definition) is 1. The first-order valence-corrected chi connectivity index (χ1v) is 5.16. The topological polar surface area (TPSA) is 42.1 Å². The first-order valence-electron chi connectivity index (χ1n) is 5.16. The Morgan fingerprint density at radius 3 is 2.67 bits per heavy atom. The van der Waals surface area contributed by atoms with Gasteiger partial charge in [0.1, 0.15) is 5.75 Å². The van der Waals surface area contributed by atoms with Crippen molar-refractivity contribution in [2.75, 3.05) is 7.11 Å². The van der Waals surface area contributed by atoms with Crippen LogP contribution in [0.5, 0.6) is 5.75 Å². The molecule has 2 rings (SSSR count). The summed E-state index contributed by atoms with van der Waals surface area (Å²) in [7, 11) is 1.50. The Hall–Kier alpha value is -1.98. The number of carbonyl (C=O) groups is 1. The lowest BCUT2D eigenvalue weighted by atomic mass is 10.2. The number of nitrogens with one attached hydrogen (secondary N) is 1. The molecule has 0 unspecified atom stereocenters. The monoisotopic (exact) mass is 257 g/mol. The van der Waals surface area contributed by atoms with E-state index >= 15 is 0 Å². The molecule has 0 atom stereocenters. The van der Waals surface area contributed by atoms with Gasteiger partial charge in [0.2, 0.25) is 5.78 Å². The van der Waals surface area contributed by atoms with E-state index in [9.17, 15) is 18.0 Å². The first-order chi connectivity index (χ1) is 8.40. The van der Waals surface area contributed by atoms with Crippen molar-refractivity contribution >= 4 is 16.7 Å². The van der Waals surface area contributed by atoms with Gasteiger partial charge in [0.15, 0.2) is 0 Å². The minimum atomic E-state index is -4.80. The molecule has 1 heterocycles. The van der Waals surface area contributed by atoms with Gasteiger partial charge in [-0.15, -0.1) is 0 Å². The van der Waals surface area contributed by atoms with E-state index in [0.717, 1.165) is 5.39 Å². The molecule has 0 saturated heterocycles. The fourth-order valence-corrected chi connectivity index (χ4v) is 1.66. The maximum atomic E-state index is 12.1. The molecule has 18 heavy (non-hydrogen) atoms. The van der Waals surface area contributed by atoms with Crippen LogP contribution in [0, 0.1) is 0 Å². The van der Waals surface area contributed by atoms with Gasteiger partial charge in [-0.25, -0.2) is 0 Å². The van der Waals surface area contributed by atoms with Crippen LogP contribution in [0.25, 0.3) is 10.9 Å². The smallest absolute Gasteiger partial charge is 0.450 e. The number of carbonyl (C=O) groups excluding carboxylic acids is 1. The molecule has 2 aromatic rings. The molecule has 1 N–H and O–H groups in total. The number of rotatable bonds is 3. The van der Waals surface area contributed by atoms with Crippen molar-refractivity contribution in [2.45, 2.75) is 12.6 Å². The van der Waals surface area contributed by atoms with Gasteiger partial charge in [-0.05, 0) is 23.6 Å². The molecule has 3 nitrogen and oxygen atoms in total. The fourth-order valence-electron chi connectivity index (χ4n) is 1.66. The molecule has 0 aliphatic rings. The van der Waals surface area contributed by atoms with E-state index in [4.69, 9.17) is 4.74 Å². The highest BCUT2D eigenvalue weighted by molar-refractivity contribution is 5.88. The van der Waals surface area contributed by atoms with Gasteiger partial charge in [-0.3, -0.25) is 4.79 Å². The summed E-state index contributed by atoms with van der Waals surface area (Å²) in [5, 5.41) is 0.737. The minimum Gasteiger partial charge on any atom is -0.497 e. The average molecular weight is 257 g/mol. The Morgan fingerprint density at radius 2 is 2.06 bits per heavy atom. The highest BCUT2D eigenvalue weighted by atomic mass is 19.4. The lowest BCUT2D eigenvalue weighted by Crippen LogP contribution is -2.24. The number of methoxy groups -OCH3 is 1. The van der Waals surface area contributed by atoms with Gasteiger partial charge in [0.25, 0.3) is 0 Å². The van der Waals surface area contributed by atoms with Gasteiger partial charge >= 0.3 is 6.18 Å². The zero-order chi connectivity index (χ0) is 13.3. The molecule has 1 aromatic carbocycles. The zero-order valence-corrected chi connectivity index (χ0v) is 9.47. The Kier molecular flexibility index (Phi) is 3.02. The van der Waals surface area contributed by atoms with Crippen LogP contribution in [0.2, 0.25) is 0 Å². The molecule has 0 aliphatic heterocycles. The van der Waals surface area contributed by atoms with Crippen molar-refractivity contribution in [3.8, 4) is 5.75 Å². The van der Waals surface area contributed by atoms with Crippen LogP contribution < -0.4 is 4.74 Å². The van der Waals surface area contributed by atoms with Crippen molar-refractivity contribution in [3.63, 3.8) is 0 Å². The van der Waals surface area contributed by atoms with Crippen molar-refractivity contribution < 1.29 is 22.7 Å². The molecule has 0 amide bonds. The van der Waals surface area contributed by atoms with E-state index in [2.05, 4.69) is 4.98 Å². The summed E-state index contributed by atoms with van der Waals surface area (Å²) in [5.74, 6) is -1.17. The number of aromatic nitrogens is 1. The van der Waals surface area contributed by atoms with Gasteiger partial charge in [0, 0.05) is 17.3 Å². The molecule has 1 aromatic heterocycles. The van der Waals surface area contributed by atoms with Crippen LogP contribution in [0.3, 0.4) is 0 Å². The lowest BCUT2D eigenvalue weighted by molar-refractivity contribution is -0.170. The fraction of sp³-hybridized carbons (Fsp3) is 0.250. The average Bonchev–Trinajstić information content (AvgIpc) is 2.68. The van der Waals surface area contributed by atoms with Crippen LogP contribution >= 0.6 is 0 Å². The van der Waals surface area contributed by atoms with Crippen LogP contribution in [0.1, 0.15) is 5.69 Å². The Labute approximate surface area is 101 Å². The number of ketones is 1. The minimum absolute atomic E-state index is 0.237. The molecule has 0 aliphatic carbocycles. The predicted molar refractivity (Wildman–Crippen MR) is 59.6 cm³/mol. The number of Topliss-reactive ketones (excluding diaryl/α,β-unsaturated/α-hetero) is 1. The highest BCUT2D eigenvalue weighted by Gasteiger charge is 2.38. The molecule has 0 bridgehead atoms. The second-order valence-corrected chi connectivity index (χ2v) is 3.85. The van der Waals surface area contributed by atoms with Gasteiger partial charge in [0.05, 0.1) is 13.5 Å². The van der Waals surface area contributed by atoms with E-state index in [-0.39, 0.29) is 5.69 Å². The number of fused-ring (bicyclic) bond motifs is 1. The molecule has 0 fully saturated rings. The maximum absolute atomic E-state index is 12.1. The Bertz CT molecular complexity index is 587. The quantitative estimate of drug-likeness (QED) is 0.918. The Morgan fingerprint density at radius 1 is 1.33 bits per heavy atom. The number of alkyl halides is 3. The van der Waals surface area contributed by atoms with E-state index in [0.29, 0.717) is 11.3 Å². The van der Waals surface area contributed by atoms with Gasteiger partial charge in [-0.1, -0.05) is 0 Å². The molecule has 96 valence electrons. The lowest BCUT2D eigenvalue weighted by Gasteiger charge is -2.02. The summed E-state index contributed by atoms with van der Waals surface area (Å²) in [6.07, 6.45) is -5.48. The molecule has 0 radical (unpaired) electrons. The van der Waals surface area contributed by atoms with Crippen LogP contribution in [0.4, 0.5) is 13.2 Å². The van der Waals surface area contributed by atoms with E-state index < -0.39 is 18.4 Å². The number of hydrogen-bond acceptors (Lipinski definition) is 2. The van der Waals surface area contributed by atoms with Crippen molar-refractivity contribution in [3.05, 3.63) is 30.0 Å². The molecular formula is C12H10F3NO2. The zero-order valence-electron chi connectivity index (χ0n) is 9.47. The normalized spacial score (nSPS) is 11.8. The molecule has 0 spiro atoms. The second kappa shape index (κ2) is 4.36. The number of ether oxygens (including phenoxy) is 1. The SMILES string of the molecule is COc1ccc2cc(CC(=O)C(F)(F)F)[nH]c2c1.